The van der Waals surface area contributed by atoms with Crippen molar-refractivity contribution in [3.63, 3.8) is 0 Å². The first kappa shape index (κ1) is 15.1. The number of rotatable bonds is 8. The number of likely N-dealkylation sites (N-methyl/N-ethyl adjacent to an activating group) is 1. The van der Waals surface area contributed by atoms with Crippen LogP contribution in [0.4, 0.5) is 0 Å². The van der Waals surface area contributed by atoms with E-state index in [1.165, 1.54) is 11.1 Å². The normalized spacial score (nSPS) is 13.3. The number of hydrogen-bond donors (Lipinski definition) is 1. The molecule has 0 spiro atoms. The third-order valence-electron chi connectivity index (χ3n) is 2.43. The van der Waals surface area contributed by atoms with Gasteiger partial charge in [-0.2, -0.15) is 0 Å². The van der Waals surface area contributed by atoms with Crippen LogP contribution in [0.3, 0.4) is 0 Å². The molecule has 0 atom stereocenters. The van der Waals surface area contributed by atoms with Gasteiger partial charge in [-0.05, 0) is 33.7 Å². The molecule has 1 N–H and O–H groups in total. The molecule has 0 aromatic heterocycles. The van der Waals surface area contributed by atoms with Gasteiger partial charge in [0.25, 0.3) is 0 Å². The van der Waals surface area contributed by atoms with E-state index in [-0.39, 0.29) is 6.61 Å². The molecule has 0 fully saturated rings. The predicted octanol–water partition coefficient (Wildman–Crippen LogP) is 2.77. The van der Waals surface area contributed by atoms with Crippen molar-refractivity contribution in [3.8, 4) is 0 Å². The molecule has 92 valence electrons. The van der Waals surface area contributed by atoms with Gasteiger partial charge < -0.3 is 5.11 Å². The summed E-state index contributed by atoms with van der Waals surface area (Å²) in [6, 6.07) is 0. The van der Waals surface area contributed by atoms with Gasteiger partial charge in [-0.25, -0.2) is 0 Å². The van der Waals surface area contributed by atoms with E-state index in [0.717, 1.165) is 25.9 Å². The van der Waals surface area contributed by atoms with Crippen LogP contribution in [-0.2, 0) is 0 Å². The highest BCUT2D eigenvalue weighted by Gasteiger charge is 1.96. The van der Waals surface area contributed by atoms with Gasteiger partial charge in [0, 0.05) is 13.1 Å². The quantitative estimate of drug-likeness (QED) is 0.640. The lowest BCUT2D eigenvalue weighted by atomic mass is 10.1. The van der Waals surface area contributed by atoms with E-state index >= 15 is 0 Å². The summed E-state index contributed by atoms with van der Waals surface area (Å²) in [7, 11) is 2.09. The fourth-order valence-corrected chi connectivity index (χ4v) is 1.58. The van der Waals surface area contributed by atoms with Crippen molar-refractivity contribution in [1.82, 2.24) is 4.90 Å². The number of nitrogens with zero attached hydrogens (tertiary/aromatic N) is 1. The first-order chi connectivity index (χ1) is 7.60. The number of hydrogen-bond acceptors (Lipinski definition) is 2. The Morgan fingerprint density at radius 1 is 1.25 bits per heavy atom. The number of allylic oxidation sites excluding steroid dienone is 2. The number of aliphatic hydroxyl groups excluding tert-OH is 1. The Morgan fingerprint density at radius 3 is 2.50 bits per heavy atom. The SMILES string of the molecule is C=CCN(C)CC(C)=CCCC(C)=CCO. The fourth-order valence-electron chi connectivity index (χ4n) is 1.58. The van der Waals surface area contributed by atoms with Gasteiger partial charge in [-0.1, -0.05) is 29.4 Å². The topological polar surface area (TPSA) is 23.5 Å². The average Bonchev–Trinajstić information content (AvgIpc) is 2.18. The maximum Gasteiger partial charge on any atom is 0.0614 e. The van der Waals surface area contributed by atoms with E-state index in [2.05, 4.69) is 38.5 Å². The molecule has 0 saturated carbocycles. The summed E-state index contributed by atoms with van der Waals surface area (Å²) in [5.41, 5.74) is 2.65. The van der Waals surface area contributed by atoms with Gasteiger partial charge >= 0.3 is 0 Å². The van der Waals surface area contributed by atoms with Gasteiger partial charge in [0.2, 0.25) is 0 Å². The molecule has 0 aromatic carbocycles. The highest BCUT2D eigenvalue weighted by Crippen LogP contribution is 2.07. The molecule has 2 nitrogen and oxygen atoms in total. The second-order valence-electron chi connectivity index (χ2n) is 4.31. The van der Waals surface area contributed by atoms with Crippen molar-refractivity contribution in [2.24, 2.45) is 0 Å². The summed E-state index contributed by atoms with van der Waals surface area (Å²) in [6.07, 6.45) is 8.14. The zero-order valence-electron chi connectivity index (χ0n) is 10.9. The first-order valence-electron chi connectivity index (χ1n) is 5.81. The second-order valence-corrected chi connectivity index (χ2v) is 4.31. The lowest BCUT2D eigenvalue weighted by Crippen LogP contribution is -2.20. The standard InChI is InChI=1S/C14H25NO/c1-5-10-15(4)12-14(3)8-6-7-13(2)9-11-16/h5,8-9,16H,1,6-7,10-12H2,2-4H3. The van der Waals surface area contributed by atoms with Crippen LogP contribution < -0.4 is 0 Å². The molecule has 0 aliphatic carbocycles. The summed E-state index contributed by atoms with van der Waals surface area (Å²) in [5.74, 6) is 0. The third kappa shape index (κ3) is 8.45. The Morgan fingerprint density at radius 2 is 1.94 bits per heavy atom. The molecule has 0 unspecified atom stereocenters. The van der Waals surface area contributed by atoms with Crippen LogP contribution in [0.25, 0.3) is 0 Å². The Balaban J connectivity index is 3.86. The molecule has 16 heavy (non-hydrogen) atoms. The molecule has 0 rings (SSSR count). The molecular weight excluding hydrogens is 198 g/mol. The van der Waals surface area contributed by atoms with Crippen molar-refractivity contribution >= 4 is 0 Å². The Hall–Kier alpha value is -0.860. The molecule has 2 heteroatoms. The van der Waals surface area contributed by atoms with E-state index in [1.807, 2.05) is 12.2 Å². The lowest BCUT2D eigenvalue weighted by Gasteiger charge is -2.14. The minimum Gasteiger partial charge on any atom is -0.392 e. The summed E-state index contributed by atoms with van der Waals surface area (Å²) in [5, 5.41) is 8.72. The average molecular weight is 223 g/mol. The Labute approximate surface area is 100.0 Å². The van der Waals surface area contributed by atoms with E-state index in [4.69, 9.17) is 5.11 Å². The minimum absolute atomic E-state index is 0.149. The van der Waals surface area contributed by atoms with E-state index < -0.39 is 0 Å². The maximum absolute atomic E-state index is 8.72. The number of aliphatic hydroxyl groups is 1. The van der Waals surface area contributed by atoms with Crippen molar-refractivity contribution in [2.45, 2.75) is 26.7 Å². The Kier molecular flexibility index (Phi) is 8.87. The van der Waals surface area contributed by atoms with Gasteiger partial charge in [0.05, 0.1) is 6.61 Å². The van der Waals surface area contributed by atoms with Crippen LogP contribution in [0.1, 0.15) is 26.7 Å². The smallest absolute Gasteiger partial charge is 0.0614 e. The van der Waals surface area contributed by atoms with Crippen molar-refractivity contribution in [2.75, 3.05) is 26.7 Å². The van der Waals surface area contributed by atoms with Gasteiger partial charge in [0.15, 0.2) is 0 Å². The van der Waals surface area contributed by atoms with Crippen LogP contribution in [0.2, 0.25) is 0 Å². The first-order valence-corrected chi connectivity index (χ1v) is 5.81. The molecule has 0 heterocycles. The summed E-state index contributed by atoms with van der Waals surface area (Å²) in [6.45, 7) is 10.0. The molecule has 0 amide bonds. The van der Waals surface area contributed by atoms with Crippen molar-refractivity contribution in [3.05, 3.63) is 36.0 Å². The minimum atomic E-state index is 0.149. The third-order valence-corrected chi connectivity index (χ3v) is 2.43. The van der Waals surface area contributed by atoms with Crippen LogP contribution in [0.5, 0.6) is 0 Å². The van der Waals surface area contributed by atoms with Gasteiger partial charge in [-0.15, -0.1) is 6.58 Å². The van der Waals surface area contributed by atoms with Crippen molar-refractivity contribution in [1.29, 1.82) is 0 Å². The van der Waals surface area contributed by atoms with Crippen LogP contribution >= 0.6 is 0 Å². The molecule has 0 aliphatic heterocycles. The van der Waals surface area contributed by atoms with Crippen LogP contribution in [0.15, 0.2) is 36.0 Å². The molecule has 0 saturated heterocycles. The highest BCUT2D eigenvalue weighted by atomic mass is 16.2. The summed E-state index contributed by atoms with van der Waals surface area (Å²) >= 11 is 0. The van der Waals surface area contributed by atoms with E-state index in [1.54, 1.807) is 0 Å². The zero-order valence-corrected chi connectivity index (χ0v) is 10.9. The monoisotopic (exact) mass is 223 g/mol. The van der Waals surface area contributed by atoms with E-state index in [0.29, 0.717) is 0 Å². The predicted molar refractivity (Wildman–Crippen MR) is 71.5 cm³/mol. The summed E-state index contributed by atoms with van der Waals surface area (Å²) in [4.78, 5) is 2.23. The van der Waals surface area contributed by atoms with Crippen molar-refractivity contribution < 1.29 is 5.11 Å². The zero-order chi connectivity index (χ0) is 12.4. The second kappa shape index (κ2) is 9.37. The highest BCUT2D eigenvalue weighted by molar-refractivity contribution is 5.05. The van der Waals surface area contributed by atoms with Crippen LogP contribution in [0, 0.1) is 0 Å². The molecular formula is C14H25NO. The largest absolute Gasteiger partial charge is 0.392 e. The van der Waals surface area contributed by atoms with Crippen LogP contribution in [-0.4, -0.2) is 36.8 Å². The van der Waals surface area contributed by atoms with Gasteiger partial charge in [-0.3, -0.25) is 4.90 Å². The molecule has 0 aromatic rings. The Bertz CT molecular complexity index is 253. The van der Waals surface area contributed by atoms with Gasteiger partial charge in [0.1, 0.15) is 0 Å². The fraction of sp³-hybridized carbons (Fsp3) is 0.571. The molecule has 0 aliphatic rings. The maximum atomic E-state index is 8.72. The summed E-state index contributed by atoms with van der Waals surface area (Å²) < 4.78 is 0. The van der Waals surface area contributed by atoms with E-state index in [9.17, 15) is 0 Å². The lowest BCUT2D eigenvalue weighted by molar-refractivity contribution is 0.341. The molecule has 0 bridgehead atoms. The molecule has 0 radical (unpaired) electrons.